The van der Waals surface area contributed by atoms with Gasteiger partial charge in [0, 0.05) is 11.6 Å². The van der Waals surface area contributed by atoms with Gasteiger partial charge in [0.2, 0.25) is 5.91 Å². The van der Waals surface area contributed by atoms with Crippen molar-refractivity contribution in [1.29, 1.82) is 0 Å². The maximum atomic E-state index is 12.8. The van der Waals surface area contributed by atoms with Crippen LogP contribution < -0.4 is 11.5 Å². The number of hydrogen-bond acceptors (Lipinski definition) is 2. The average Bonchev–Trinajstić information content (AvgIpc) is 2.03. The van der Waals surface area contributed by atoms with E-state index in [0.29, 0.717) is 5.56 Å². The van der Waals surface area contributed by atoms with Crippen LogP contribution in [0.1, 0.15) is 28.9 Å². The van der Waals surface area contributed by atoms with E-state index in [9.17, 15) is 9.18 Å². The molecule has 0 heterocycles. The molecule has 0 saturated heterocycles. The van der Waals surface area contributed by atoms with Crippen molar-refractivity contribution in [2.75, 3.05) is 0 Å². The van der Waals surface area contributed by atoms with Gasteiger partial charge in [-0.15, -0.1) is 0 Å². The third kappa shape index (κ3) is 2.03. The third-order valence-corrected chi connectivity index (χ3v) is 1.77. The van der Waals surface area contributed by atoms with E-state index in [1.54, 1.807) is 6.92 Å². The summed E-state index contributed by atoms with van der Waals surface area (Å²) >= 11 is 0. The second-order valence-electron chi connectivity index (χ2n) is 2.88. The molecule has 0 aromatic heterocycles. The van der Waals surface area contributed by atoms with Crippen LogP contribution in [-0.2, 0) is 0 Å². The molecule has 0 radical (unpaired) electrons. The van der Waals surface area contributed by atoms with Crippen molar-refractivity contribution in [3.8, 4) is 0 Å². The standard InChI is InChI=1S/C9H11FN2O/c1-5(11)8-4-6(10)2-3-7(8)9(12)13/h2-5H,11H2,1H3,(H2,12,13). The number of primary amides is 1. The maximum absolute atomic E-state index is 12.8. The summed E-state index contributed by atoms with van der Waals surface area (Å²) in [7, 11) is 0. The number of benzene rings is 1. The van der Waals surface area contributed by atoms with Gasteiger partial charge in [-0.05, 0) is 30.7 Å². The van der Waals surface area contributed by atoms with Gasteiger partial charge in [0.1, 0.15) is 5.82 Å². The summed E-state index contributed by atoms with van der Waals surface area (Å²) < 4.78 is 12.8. The average molecular weight is 182 g/mol. The summed E-state index contributed by atoms with van der Waals surface area (Å²) in [5, 5.41) is 0. The first-order chi connectivity index (χ1) is 6.02. The molecule has 13 heavy (non-hydrogen) atoms. The molecule has 1 unspecified atom stereocenters. The Balaban J connectivity index is 3.26. The zero-order valence-electron chi connectivity index (χ0n) is 7.25. The van der Waals surface area contributed by atoms with E-state index in [2.05, 4.69) is 0 Å². The minimum atomic E-state index is -0.590. The van der Waals surface area contributed by atoms with Gasteiger partial charge in [-0.1, -0.05) is 0 Å². The highest BCUT2D eigenvalue weighted by Crippen LogP contribution is 2.16. The van der Waals surface area contributed by atoms with Crippen LogP contribution in [-0.4, -0.2) is 5.91 Å². The molecular weight excluding hydrogens is 171 g/mol. The Morgan fingerprint density at radius 1 is 1.54 bits per heavy atom. The Labute approximate surface area is 75.5 Å². The molecule has 1 atom stereocenters. The molecule has 0 spiro atoms. The van der Waals surface area contributed by atoms with Crippen molar-refractivity contribution in [3.63, 3.8) is 0 Å². The summed E-state index contributed by atoms with van der Waals surface area (Å²) in [5.74, 6) is -1.01. The van der Waals surface area contributed by atoms with Gasteiger partial charge in [0.25, 0.3) is 0 Å². The summed E-state index contributed by atoms with van der Waals surface area (Å²) in [6.45, 7) is 1.67. The summed E-state index contributed by atoms with van der Waals surface area (Å²) in [6, 6.07) is 3.35. The second kappa shape index (κ2) is 3.53. The lowest BCUT2D eigenvalue weighted by Gasteiger charge is -2.09. The van der Waals surface area contributed by atoms with Crippen LogP contribution in [0.15, 0.2) is 18.2 Å². The molecular formula is C9H11FN2O. The lowest BCUT2D eigenvalue weighted by atomic mass is 10.0. The smallest absolute Gasteiger partial charge is 0.249 e. The molecule has 1 amide bonds. The van der Waals surface area contributed by atoms with Gasteiger partial charge < -0.3 is 11.5 Å². The van der Waals surface area contributed by atoms with Crippen LogP contribution in [0.4, 0.5) is 4.39 Å². The van der Waals surface area contributed by atoms with Crippen molar-refractivity contribution < 1.29 is 9.18 Å². The van der Waals surface area contributed by atoms with Crippen molar-refractivity contribution in [1.82, 2.24) is 0 Å². The monoisotopic (exact) mass is 182 g/mol. The zero-order chi connectivity index (χ0) is 10.0. The molecule has 70 valence electrons. The molecule has 4 heteroatoms. The van der Waals surface area contributed by atoms with Crippen LogP contribution >= 0.6 is 0 Å². The molecule has 1 aromatic rings. The fraction of sp³-hybridized carbons (Fsp3) is 0.222. The Bertz CT molecular complexity index is 336. The first-order valence-electron chi connectivity index (χ1n) is 3.87. The van der Waals surface area contributed by atoms with Gasteiger partial charge in [-0.2, -0.15) is 0 Å². The van der Waals surface area contributed by atoms with Crippen molar-refractivity contribution >= 4 is 5.91 Å². The molecule has 0 bridgehead atoms. The number of halogens is 1. The highest BCUT2D eigenvalue weighted by atomic mass is 19.1. The van der Waals surface area contributed by atoms with Crippen molar-refractivity contribution in [2.45, 2.75) is 13.0 Å². The van der Waals surface area contributed by atoms with Crippen LogP contribution in [0.5, 0.6) is 0 Å². The molecule has 3 nitrogen and oxygen atoms in total. The molecule has 4 N–H and O–H groups in total. The Hall–Kier alpha value is -1.42. The van der Waals surface area contributed by atoms with Gasteiger partial charge in [0.05, 0.1) is 0 Å². The SMILES string of the molecule is CC(N)c1cc(F)ccc1C(N)=O. The lowest BCUT2D eigenvalue weighted by molar-refractivity contribution is 0.0999. The highest BCUT2D eigenvalue weighted by Gasteiger charge is 2.11. The first kappa shape index (κ1) is 9.67. The van der Waals surface area contributed by atoms with Gasteiger partial charge in [-0.25, -0.2) is 4.39 Å². The largest absolute Gasteiger partial charge is 0.366 e. The number of hydrogen-bond donors (Lipinski definition) is 2. The predicted molar refractivity (Wildman–Crippen MR) is 47.5 cm³/mol. The van der Waals surface area contributed by atoms with Gasteiger partial charge in [-0.3, -0.25) is 4.79 Å². The van der Waals surface area contributed by atoms with E-state index in [-0.39, 0.29) is 5.56 Å². The molecule has 1 rings (SSSR count). The van der Waals surface area contributed by atoms with E-state index in [1.165, 1.54) is 18.2 Å². The highest BCUT2D eigenvalue weighted by molar-refractivity contribution is 5.94. The van der Waals surface area contributed by atoms with Crippen LogP contribution in [0.3, 0.4) is 0 Å². The fourth-order valence-electron chi connectivity index (χ4n) is 1.13. The zero-order valence-corrected chi connectivity index (χ0v) is 7.25. The maximum Gasteiger partial charge on any atom is 0.249 e. The summed E-state index contributed by atoms with van der Waals surface area (Å²) in [6.07, 6.45) is 0. The van der Waals surface area contributed by atoms with Crippen LogP contribution in [0.2, 0.25) is 0 Å². The summed E-state index contributed by atoms with van der Waals surface area (Å²) in [5.41, 5.74) is 11.3. The molecule has 0 aliphatic carbocycles. The van der Waals surface area contributed by atoms with Crippen LogP contribution in [0, 0.1) is 5.82 Å². The predicted octanol–water partition coefficient (Wildman–Crippen LogP) is 0.944. The van der Waals surface area contributed by atoms with E-state index in [1.807, 2.05) is 0 Å². The number of amides is 1. The summed E-state index contributed by atoms with van der Waals surface area (Å²) in [4.78, 5) is 10.9. The topological polar surface area (TPSA) is 69.1 Å². The normalized spacial score (nSPS) is 12.5. The molecule has 0 fully saturated rings. The van der Waals surface area contributed by atoms with E-state index < -0.39 is 17.8 Å². The lowest BCUT2D eigenvalue weighted by Crippen LogP contribution is -2.17. The molecule has 0 saturated carbocycles. The number of nitrogens with two attached hydrogens (primary N) is 2. The number of rotatable bonds is 2. The minimum absolute atomic E-state index is 0.274. The Kier molecular flexibility index (Phi) is 2.63. The van der Waals surface area contributed by atoms with Crippen molar-refractivity contribution in [2.24, 2.45) is 11.5 Å². The fourth-order valence-corrected chi connectivity index (χ4v) is 1.13. The van der Waals surface area contributed by atoms with E-state index in [4.69, 9.17) is 11.5 Å². The quantitative estimate of drug-likeness (QED) is 0.714. The molecule has 1 aromatic carbocycles. The molecule has 0 aliphatic rings. The second-order valence-corrected chi connectivity index (χ2v) is 2.88. The Morgan fingerprint density at radius 2 is 2.15 bits per heavy atom. The minimum Gasteiger partial charge on any atom is -0.366 e. The third-order valence-electron chi connectivity index (χ3n) is 1.77. The van der Waals surface area contributed by atoms with Crippen molar-refractivity contribution in [3.05, 3.63) is 35.1 Å². The molecule has 0 aliphatic heterocycles. The number of carbonyl (C=O) groups excluding carboxylic acids is 1. The van der Waals surface area contributed by atoms with Gasteiger partial charge in [0.15, 0.2) is 0 Å². The van der Waals surface area contributed by atoms with E-state index in [0.717, 1.165) is 0 Å². The Morgan fingerprint density at radius 3 is 2.62 bits per heavy atom. The van der Waals surface area contributed by atoms with E-state index >= 15 is 0 Å². The first-order valence-corrected chi connectivity index (χ1v) is 3.87. The van der Waals surface area contributed by atoms with Crippen LogP contribution in [0.25, 0.3) is 0 Å². The van der Waals surface area contributed by atoms with Gasteiger partial charge >= 0.3 is 0 Å². The number of carbonyl (C=O) groups is 1.